The van der Waals surface area contributed by atoms with Crippen LogP contribution in [0.5, 0.6) is 0 Å². The molecule has 2 aromatic heterocycles. The minimum Gasteiger partial charge on any atom is -0.354 e. The van der Waals surface area contributed by atoms with Gasteiger partial charge in [-0.3, -0.25) is 13.9 Å². The molecular weight excluding hydrogens is 368 g/mol. The van der Waals surface area contributed by atoms with Crippen molar-refractivity contribution < 1.29 is 0 Å². The van der Waals surface area contributed by atoms with Crippen molar-refractivity contribution in [1.29, 1.82) is 0 Å². The van der Waals surface area contributed by atoms with E-state index >= 15 is 0 Å². The molecule has 3 aromatic rings. The monoisotopic (exact) mass is 398 g/mol. The van der Waals surface area contributed by atoms with Gasteiger partial charge in [0, 0.05) is 33.7 Å². The van der Waals surface area contributed by atoms with Gasteiger partial charge < -0.3 is 14.8 Å². The molecule has 0 saturated carbocycles. The molecule has 0 radical (unpaired) electrons. The number of aryl methyl sites for hydroxylation is 3. The number of likely N-dealkylation sites (N-methyl/N-ethyl adjacent to an activating group) is 1. The SMILES string of the molecule is CCN(CC)CCNc1nc2c(c(=O)n(C)c(=O)n2C)n1CCc1ccccc1. The third-order valence-corrected chi connectivity index (χ3v) is 5.42. The lowest BCUT2D eigenvalue weighted by Crippen LogP contribution is -2.37. The number of aromatic nitrogens is 4. The summed E-state index contributed by atoms with van der Waals surface area (Å²) in [7, 11) is 3.16. The number of rotatable bonds is 9. The fourth-order valence-corrected chi connectivity index (χ4v) is 3.55. The number of fused-ring (bicyclic) bond motifs is 1. The minimum atomic E-state index is -0.370. The fraction of sp³-hybridized carbons (Fsp3) is 0.476. The first-order valence-corrected chi connectivity index (χ1v) is 10.1. The van der Waals surface area contributed by atoms with E-state index < -0.39 is 0 Å². The predicted molar refractivity (Wildman–Crippen MR) is 117 cm³/mol. The zero-order valence-corrected chi connectivity index (χ0v) is 17.7. The van der Waals surface area contributed by atoms with Crippen LogP contribution in [0.2, 0.25) is 0 Å². The maximum Gasteiger partial charge on any atom is 0.332 e. The highest BCUT2D eigenvalue weighted by atomic mass is 16.2. The zero-order valence-electron chi connectivity index (χ0n) is 17.7. The van der Waals surface area contributed by atoms with Crippen molar-refractivity contribution in [3.05, 3.63) is 56.7 Å². The van der Waals surface area contributed by atoms with Crippen molar-refractivity contribution in [3.63, 3.8) is 0 Å². The normalized spacial score (nSPS) is 11.5. The summed E-state index contributed by atoms with van der Waals surface area (Å²) >= 11 is 0. The highest BCUT2D eigenvalue weighted by molar-refractivity contribution is 5.74. The minimum absolute atomic E-state index is 0.319. The van der Waals surface area contributed by atoms with Gasteiger partial charge in [0.2, 0.25) is 5.95 Å². The van der Waals surface area contributed by atoms with Crippen molar-refractivity contribution in [1.82, 2.24) is 23.6 Å². The Labute approximate surface area is 170 Å². The Balaban J connectivity index is 1.99. The molecule has 8 nitrogen and oxygen atoms in total. The summed E-state index contributed by atoms with van der Waals surface area (Å²) in [6.45, 7) is 8.43. The second-order valence-electron chi connectivity index (χ2n) is 7.15. The Morgan fingerprint density at radius 3 is 2.38 bits per heavy atom. The molecule has 8 heteroatoms. The Hall–Kier alpha value is -2.87. The van der Waals surface area contributed by atoms with Gasteiger partial charge in [0.15, 0.2) is 11.2 Å². The lowest BCUT2D eigenvalue weighted by atomic mass is 10.1. The topological polar surface area (TPSA) is 77.1 Å². The van der Waals surface area contributed by atoms with Crippen molar-refractivity contribution in [3.8, 4) is 0 Å². The van der Waals surface area contributed by atoms with Gasteiger partial charge in [-0.05, 0) is 25.1 Å². The van der Waals surface area contributed by atoms with Crippen LogP contribution in [0.3, 0.4) is 0 Å². The molecule has 156 valence electrons. The maximum atomic E-state index is 12.9. The van der Waals surface area contributed by atoms with E-state index in [1.54, 1.807) is 7.05 Å². The summed E-state index contributed by atoms with van der Waals surface area (Å²) in [6.07, 6.45) is 0.767. The summed E-state index contributed by atoms with van der Waals surface area (Å²) in [4.78, 5) is 32.1. The first-order valence-electron chi connectivity index (χ1n) is 10.1. The first-order chi connectivity index (χ1) is 14.0. The van der Waals surface area contributed by atoms with Crippen molar-refractivity contribution in [2.24, 2.45) is 14.1 Å². The van der Waals surface area contributed by atoms with E-state index in [0.717, 1.165) is 30.6 Å². The Morgan fingerprint density at radius 1 is 1.03 bits per heavy atom. The lowest BCUT2D eigenvalue weighted by Gasteiger charge is -2.18. The lowest BCUT2D eigenvalue weighted by molar-refractivity contribution is 0.315. The van der Waals surface area contributed by atoms with Gasteiger partial charge in [-0.15, -0.1) is 0 Å². The Kier molecular flexibility index (Phi) is 6.53. The van der Waals surface area contributed by atoms with E-state index in [2.05, 4.69) is 41.2 Å². The molecular formula is C21H30N6O2. The van der Waals surface area contributed by atoms with Crippen molar-refractivity contribution in [2.75, 3.05) is 31.5 Å². The molecule has 1 aromatic carbocycles. The number of nitrogens with zero attached hydrogens (tertiary/aromatic N) is 5. The van der Waals surface area contributed by atoms with Crippen molar-refractivity contribution in [2.45, 2.75) is 26.8 Å². The number of imidazole rings is 1. The third kappa shape index (κ3) is 4.27. The van der Waals surface area contributed by atoms with Gasteiger partial charge in [0.25, 0.3) is 5.56 Å². The Morgan fingerprint density at radius 2 is 1.72 bits per heavy atom. The van der Waals surface area contributed by atoms with Crippen LogP contribution in [0.4, 0.5) is 5.95 Å². The Bertz CT molecular complexity index is 1080. The molecule has 0 bridgehead atoms. The van der Waals surface area contributed by atoms with E-state index in [0.29, 0.717) is 30.2 Å². The van der Waals surface area contributed by atoms with Gasteiger partial charge in [0.05, 0.1) is 0 Å². The van der Waals surface area contributed by atoms with Crippen LogP contribution in [-0.4, -0.2) is 49.8 Å². The molecule has 0 aliphatic heterocycles. The summed E-state index contributed by atoms with van der Waals surface area (Å²) in [6, 6.07) is 10.1. The fourth-order valence-electron chi connectivity index (χ4n) is 3.55. The third-order valence-electron chi connectivity index (χ3n) is 5.42. The van der Waals surface area contributed by atoms with E-state index in [1.165, 1.54) is 17.2 Å². The van der Waals surface area contributed by atoms with E-state index in [-0.39, 0.29) is 11.2 Å². The van der Waals surface area contributed by atoms with E-state index in [1.807, 2.05) is 22.8 Å². The molecule has 0 atom stereocenters. The molecule has 3 rings (SSSR count). The van der Waals surface area contributed by atoms with Gasteiger partial charge >= 0.3 is 5.69 Å². The predicted octanol–water partition coefficient (Wildman–Crippen LogP) is 1.43. The van der Waals surface area contributed by atoms with E-state index in [9.17, 15) is 9.59 Å². The van der Waals surface area contributed by atoms with Crippen LogP contribution in [0.15, 0.2) is 39.9 Å². The van der Waals surface area contributed by atoms with Crippen LogP contribution in [0, 0.1) is 0 Å². The smallest absolute Gasteiger partial charge is 0.332 e. The summed E-state index contributed by atoms with van der Waals surface area (Å²) in [5.41, 5.74) is 1.36. The number of nitrogens with one attached hydrogen (secondary N) is 1. The summed E-state index contributed by atoms with van der Waals surface area (Å²) < 4.78 is 4.49. The largest absolute Gasteiger partial charge is 0.354 e. The van der Waals surface area contributed by atoms with Gasteiger partial charge in [-0.1, -0.05) is 44.2 Å². The molecule has 0 fully saturated rings. The number of benzene rings is 1. The van der Waals surface area contributed by atoms with Gasteiger partial charge in [0.1, 0.15) is 0 Å². The highest BCUT2D eigenvalue weighted by Gasteiger charge is 2.19. The maximum absolute atomic E-state index is 12.9. The highest BCUT2D eigenvalue weighted by Crippen LogP contribution is 2.16. The average molecular weight is 399 g/mol. The average Bonchev–Trinajstić information content (AvgIpc) is 3.11. The zero-order chi connectivity index (χ0) is 21.0. The molecule has 0 amide bonds. The molecule has 0 saturated heterocycles. The van der Waals surface area contributed by atoms with Crippen LogP contribution >= 0.6 is 0 Å². The van der Waals surface area contributed by atoms with Crippen LogP contribution in [0.1, 0.15) is 19.4 Å². The van der Waals surface area contributed by atoms with Crippen LogP contribution < -0.4 is 16.6 Å². The van der Waals surface area contributed by atoms with Crippen LogP contribution in [-0.2, 0) is 27.1 Å². The second-order valence-corrected chi connectivity index (χ2v) is 7.15. The van der Waals surface area contributed by atoms with Crippen molar-refractivity contribution >= 4 is 17.1 Å². The second kappa shape index (κ2) is 9.09. The van der Waals surface area contributed by atoms with E-state index in [4.69, 9.17) is 0 Å². The quantitative estimate of drug-likeness (QED) is 0.590. The van der Waals surface area contributed by atoms with Gasteiger partial charge in [-0.2, -0.15) is 4.98 Å². The standard InChI is InChI=1S/C21H30N6O2/c1-5-26(6-2)15-13-22-20-23-18-17(19(28)25(4)21(29)24(18)3)27(20)14-12-16-10-8-7-9-11-16/h7-11H,5-6,12-15H2,1-4H3,(H,22,23). The molecule has 1 N–H and O–H groups in total. The molecule has 2 heterocycles. The van der Waals surface area contributed by atoms with Crippen LogP contribution in [0.25, 0.3) is 11.2 Å². The molecule has 0 aliphatic carbocycles. The molecule has 0 aliphatic rings. The molecule has 0 unspecified atom stereocenters. The molecule has 29 heavy (non-hydrogen) atoms. The van der Waals surface area contributed by atoms with Gasteiger partial charge in [-0.25, -0.2) is 4.79 Å². The number of hydrogen-bond acceptors (Lipinski definition) is 5. The number of hydrogen-bond donors (Lipinski definition) is 1. The summed E-state index contributed by atoms with van der Waals surface area (Å²) in [5.74, 6) is 0.626. The summed E-state index contributed by atoms with van der Waals surface area (Å²) in [5, 5.41) is 3.38. The first kappa shape index (κ1) is 20.9. The molecule has 0 spiro atoms. The number of anilines is 1.